The zero-order valence-corrected chi connectivity index (χ0v) is 21.1. The molecule has 3 aromatic rings. The SMILES string of the molecule is CCC(C)c1c(C(N)=O)ccc(NC(OC)c2ccccc2)c1C(=O)N(C)Cc1nc(C)cs1. The normalized spacial score (nSPS) is 12.7. The number of nitrogens with zero attached hydrogens (tertiary/aromatic N) is 2. The molecule has 0 aliphatic heterocycles. The van der Waals surface area contributed by atoms with Crippen molar-refractivity contribution in [3.05, 3.63) is 80.8 Å². The second kappa shape index (κ2) is 11.3. The first-order chi connectivity index (χ1) is 16.3. The number of ether oxygens (including phenoxy) is 1. The van der Waals surface area contributed by atoms with Gasteiger partial charge in [0.2, 0.25) is 5.91 Å². The molecule has 2 unspecified atom stereocenters. The van der Waals surface area contributed by atoms with Gasteiger partial charge in [0.1, 0.15) is 5.01 Å². The summed E-state index contributed by atoms with van der Waals surface area (Å²) in [5, 5.41) is 6.17. The Hall–Kier alpha value is -3.23. The van der Waals surface area contributed by atoms with Crippen molar-refractivity contribution < 1.29 is 14.3 Å². The van der Waals surface area contributed by atoms with Crippen LogP contribution in [0.5, 0.6) is 0 Å². The Labute approximate surface area is 205 Å². The van der Waals surface area contributed by atoms with Crippen molar-refractivity contribution in [3.8, 4) is 0 Å². The molecule has 3 N–H and O–H groups in total. The van der Waals surface area contributed by atoms with Crippen LogP contribution >= 0.6 is 11.3 Å². The van der Waals surface area contributed by atoms with Crippen LogP contribution in [0.2, 0.25) is 0 Å². The van der Waals surface area contributed by atoms with Crippen LogP contribution in [0.3, 0.4) is 0 Å². The lowest BCUT2D eigenvalue weighted by Gasteiger charge is -2.27. The molecule has 0 saturated heterocycles. The molecule has 0 fully saturated rings. The average molecular weight is 481 g/mol. The van der Waals surface area contributed by atoms with Crippen LogP contribution in [0, 0.1) is 6.92 Å². The standard InChI is InChI=1S/C26H32N4O3S/c1-6-16(2)22-19(24(27)31)12-13-20(29-25(33-5)18-10-8-7-9-11-18)23(22)26(32)30(4)14-21-28-17(3)15-34-21/h7-13,15-16,25,29H,6,14H2,1-5H3,(H2,27,31). The van der Waals surface area contributed by atoms with Crippen molar-refractivity contribution in [2.45, 2.75) is 45.9 Å². The third kappa shape index (κ3) is 5.63. The van der Waals surface area contributed by atoms with Crippen LogP contribution in [0.4, 0.5) is 5.69 Å². The minimum atomic E-state index is -0.555. The van der Waals surface area contributed by atoms with Gasteiger partial charge in [-0.3, -0.25) is 9.59 Å². The van der Waals surface area contributed by atoms with E-state index in [9.17, 15) is 9.59 Å². The summed E-state index contributed by atoms with van der Waals surface area (Å²) in [6.45, 7) is 6.31. The molecule has 0 spiro atoms. The number of nitrogens with one attached hydrogen (secondary N) is 1. The van der Waals surface area contributed by atoms with Crippen molar-refractivity contribution in [2.24, 2.45) is 5.73 Å². The molecule has 1 heterocycles. The van der Waals surface area contributed by atoms with Gasteiger partial charge < -0.3 is 20.7 Å². The molecular weight excluding hydrogens is 448 g/mol. The van der Waals surface area contributed by atoms with E-state index in [0.717, 1.165) is 22.7 Å². The van der Waals surface area contributed by atoms with Crippen molar-refractivity contribution in [2.75, 3.05) is 19.5 Å². The molecule has 0 saturated carbocycles. The summed E-state index contributed by atoms with van der Waals surface area (Å²) in [7, 11) is 3.35. The van der Waals surface area contributed by atoms with Crippen LogP contribution in [-0.2, 0) is 11.3 Å². The molecule has 8 heteroatoms. The van der Waals surface area contributed by atoms with E-state index in [1.54, 1.807) is 31.2 Å². The maximum atomic E-state index is 13.9. The highest BCUT2D eigenvalue weighted by Crippen LogP contribution is 2.35. The molecule has 0 bridgehead atoms. The second-order valence-electron chi connectivity index (χ2n) is 8.34. The Morgan fingerprint density at radius 3 is 2.47 bits per heavy atom. The number of anilines is 1. The fraction of sp³-hybridized carbons (Fsp3) is 0.346. The molecule has 2 atom stereocenters. The van der Waals surface area contributed by atoms with Crippen molar-refractivity contribution >= 4 is 28.8 Å². The van der Waals surface area contributed by atoms with Crippen molar-refractivity contribution in [1.29, 1.82) is 0 Å². The van der Waals surface area contributed by atoms with E-state index in [1.807, 2.05) is 56.5 Å². The Bertz CT molecular complexity index is 1150. The minimum absolute atomic E-state index is 0.0589. The third-order valence-corrected chi connectivity index (χ3v) is 6.79. The summed E-state index contributed by atoms with van der Waals surface area (Å²) in [5.74, 6) is -0.825. The molecule has 2 aromatic carbocycles. The molecule has 0 aliphatic carbocycles. The van der Waals surface area contributed by atoms with Crippen molar-refractivity contribution in [1.82, 2.24) is 9.88 Å². The molecule has 0 aliphatic rings. The Morgan fingerprint density at radius 1 is 1.21 bits per heavy atom. The van der Waals surface area contributed by atoms with Gasteiger partial charge in [0, 0.05) is 42.0 Å². The summed E-state index contributed by atoms with van der Waals surface area (Å²) < 4.78 is 5.70. The maximum absolute atomic E-state index is 13.9. The van der Waals surface area contributed by atoms with E-state index in [-0.39, 0.29) is 11.8 Å². The van der Waals surface area contributed by atoms with Gasteiger partial charge >= 0.3 is 0 Å². The molecule has 180 valence electrons. The van der Waals surface area contributed by atoms with E-state index in [4.69, 9.17) is 10.5 Å². The minimum Gasteiger partial charge on any atom is -0.366 e. The first-order valence-electron chi connectivity index (χ1n) is 11.2. The maximum Gasteiger partial charge on any atom is 0.256 e. The first kappa shape index (κ1) is 25.4. The van der Waals surface area contributed by atoms with Gasteiger partial charge in [0.25, 0.3) is 5.91 Å². The van der Waals surface area contributed by atoms with Crippen LogP contribution in [-0.4, -0.2) is 35.9 Å². The van der Waals surface area contributed by atoms with Gasteiger partial charge in [-0.2, -0.15) is 0 Å². The topological polar surface area (TPSA) is 97.6 Å². The summed E-state index contributed by atoms with van der Waals surface area (Å²) in [6.07, 6.45) is 0.259. The number of hydrogen-bond donors (Lipinski definition) is 2. The number of rotatable bonds is 10. The molecule has 3 rings (SSSR count). The molecule has 34 heavy (non-hydrogen) atoms. The number of carbonyl (C=O) groups excluding carboxylic acids is 2. The van der Waals surface area contributed by atoms with E-state index in [2.05, 4.69) is 10.3 Å². The van der Waals surface area contributed by atoms with Gasteiger partial charge in [0.15, 0.2) is 6.23 Å². The monoisotopic (exact) mass is 480 g/mol. The van der Waals surface area contributed by atoms with Crippen LogP contribution in [0.15, 0.2) is 47.8 Å². The summed E-state index contributed by atoms with van der Waals surface area (Å²) in [5.41, 5.74) is 9.59. The van der Waals surface area contributed by atoms with Crippen LogP contribution in [0.1, 0.15) is 75.0 Å². The number of methoxy groups -OCH3 is 1. The summed E-state index contributed by atoms with van der Waals surface area (Å²) in [6, 6.07) is 13.1. The fourth-order valence-electron chi connectivity index (χ4n) is 3.89. The summed E-state index contributed by atoms with van der Waals surface area (Å²) in [4.78, 5) is 32.3. The number of aryl methyl sites for hydroxylation is 1. The lowest BCUT2D eigenvalue weighted by Crippen LogP contribution is -2.30. The average Bonchev–Trinajstić information content (AvgIpc) is 3.25. The second-order valence-corrected chi connectivity index (χ2v) is 9.28. The fourth-order valence-corrected chi connectivity index (χ4v) is 4.71. The van der Waals surface area contributed by atoms with E-state index >= 15 is 0 Å². The van der Waals surface area contributed by atoms with Crippen LogP contribution in [0.25, 0.3) is 0 Å². The Morgan fingerprint density at radius 2 is 1.91 bits per heavy atom. The number of carbonyl (C=O) groups is 2. The smallest absolute Gasteiger partial charge is 0.256 e. The van der Waals surface area contributed by atoms with E-state index in [1.165, 1.54) is 11.3 Å². The lowest BCUT2D eigenvalue weighted by molar-refractivity contribution is 0.0783. The zero-order chi connectivity index (χ0) is 24.8. The number of aromatic nitrogens is 1. The molecule has 2 amide bonds. The highest BCUT2D eigenvalue weighted by atomic mass is 32.1. The Balaban J connectivity index is 2.11. The zero-order valence-electron chi connectivity index (χ0n) is 20.3. The van der Waals surface area contributed by atoms with Gasteiger partial charge in [-0.25, -0.2) is 4.98 Å². The predicted octanol–water partition coefficient (Wildman–Crippen LogP) is 5.09. The number of benzene rings is 2. The number of thiazole rings is 1. The number of amides is 2. The summed E-state index contributed by atoms with van der Waals surface area (Å²) >= 11 is 1.51. The van der Waals surface area contributed by atoms with Crippen molar-refractivity contribution in [3.63, 3.8) is 0 Å². The first-order valence-corrected chi connectivity index (χ1v) is 12.1. The number of hydrogen-bond acceptors (Lipinski definition) is 6. The molecule has 1 aromatic heterocycles. The highest BCUT2D eigenvalue weighted by molar-refractivity contribution is 7.09. The predicted molar refractivity (Wildman–Crippen MR) is 136 cm³/mol. The lowest BCUT2D eigenvalue weighted by atomic mass is 9.87. The molecule has 0 radical (unpaired) electrons. The Kier molecular flexibility index (Phi) is 8.41. The molecular formula is C26H32N4O3S. The van der Waals surface area contributed by atoms with Gasteiger partial charge in [-0.15, -0.1) is 11.3 Å². The quantitative estimate of drug-likeness (QED) is 0.394. The van der Waals surface area contributed by atoms with E-state index in [0.29, 0.717) is 28.9 Å². The highest BCUT2D eigenvalue weighted by Gasteiger charge is 2.28. The van der Waals surface area contributed by atoms with Gasteiger partial charge in [-0.05, 0) is 37.0 Å². The number of nitrogens with two attached hydrogens (primary N) is 1. The molecule has 7 nitrogen and oxygen atoms in total. The van der Waals surface area contributed by atoms with E-state index < -0.39 is 12.1 Å². The van der Waals surface area contributed by atoms with Crippen LogP contribution < -0.4 is 11.1 Å². The third-order valence-electron chi connectivity index (χ3n) is 5.84. The largest absolute Gasteiger partial charge is 0.366 e. The van der Waals surface area contributed by atoms with Gasteiger partial charge in [0.05, 0.1) is 12.1 Å². The van der Waals surface area contributed by atoms with Gasteiger partial charge in [-0.1, -0.05) is 44.2 Å². The number of primary amides is 1.